The highest BCUT2D eigenvalue weighted by Crippen LogP contribution is 2.34. The first-order chi connectivity index (χ1) is 8.29. The number of rotatable bonds is 6. The van der Waals surface area contributed by atoms with Crippen molar-refractivity contribution >= 4 is 0 Å². The summed E-state index contributed by atoms with van der Waals surface area (Å²) in [5.74, 6) is 0.942. The number of hydrogen-bond donors (Lipinski definition) is 1. The van der Waals surface area contributed by atoms with Gasteiger partial charge in [0.15, 0.2) is 0 Å². The number of pyridine rings is 1. The SMILES string of the molecule is CCCNC(CC1CCC1)c1ccnc(C)c1. The van der Waals surface area contributed by atoms with Gasteiger partial charge in [0, 0.05) is 17.9 Å². The molecule has 0 aromatic carbocycles. The van der Waals surface area contributed by atoms with Gasteiger partial charge in [0.25, 0.3) is 0 Å². The molecule has 1 saturated carbocycles. The molecule has 1 fully saturated rings. The second kappa shape index (κ2) is 6.15. The van der Waals surface area contributed by atoms with Crippen LogP contribution in [0.2, 0.25) is 0 Å². The first kappa shape index (κ1) is 12.6. The van der Waals surface area contributed by atoms with Crippen LogP contribution in [-0.4, -0.2) is 11.5 Å². The van der Waals surface area contributed by atoms with Crippen LogP contribution in [0.3, 0.4) is 0 Å². The molecule has 2 heteroatoms. The summed E-state index contributed by atoms with van der Waals surface area (Å²) in [6, 6.07) is 4.92. The lowest BCUT2D eigenvalue weighted by molar-refractivity contribution is 0.261. The summed E-state index contributed by atoms with van der Waals surface area (Å²) in [6.45, 7) is 5.41. The molecule has 0 bridgehead atoms. The Bertz CT molecular complexity index is 345. The average molecular weight is 232 g/mol. The van der Waals surface area contributed by atoms with Crippen LogP contribution in [0.15, 0.2) is 18.3 Å². The van der Waals surface area contributed by atoms with Crippen LogP contribution in [0.5, 0.6) is 0 Å². The van der Waals surface area contributed by atoms with Crippen LogP contribution in [0.25, 0.3) is 0 Å². The summed E-state index contributed by atoms with van der Waals surface area (Å²) in [5.41, 5.74) is 2.54. The molecule has 0 radical (unpaired) electrons. The lowest BCUT2D eigenvalue weighted by atomic mass is 9.79. The molecule has 2 nitrogen and oxygen atoms in total. The number of nitrogens with zero attached hydrogens (tertiary/aromatic N) is 1. The lowest BCUT2D eigenvalue weighted by Gasteiger charge is -2.30. The van der Waals surface area contributed by atoms with E-state index >= 15 is 0 Å². The zero-order chi connectivity index (χ0) is 12.1. The minimum Gasteiger partial charge on any atom is -0.310 e. The predicted octanol–water partition coefficient (Wildman–Crippen LogP) is 3.62. The molecule has 1 unspecified atom stereocenters. The Morgan fingerprint density at radius 2 is 2.29 bits per heavy atom. The van der Waals surface area contributed by atoms with Gasteiger partial charge in [-0.25, -0.2) is 0 Å². The van der Waals surface area contributed by atoms with Crippen LogP contribution in [0.4, 0.5) is 0 Å². The Morgan fingerprint density at radius 1 is 1.47 bits per heavy atom. The van der Waals surface area contributed by atoms with Crippen molar-refractivity contribution in [3.8, 4) is 0 Å². The van der Waals surface area contributed by atoms with Gasteiger partial charge in [0.1, 0.15) is 0 Å². The van der Waals surface area contributed by atoms with E-state index in [9.17, 15) is 0 Å². The van der Waals surface area contributed by atoms with Gasteiger partial charge in [-0.3, -0.25) is 4.98 Å². The van der Waals surface area contributed by atoms with Crippen LogP contribution >= 0.6 is 0 Å². The van der Waals surface area contributed by atoms with Crippen molar-refractivity contribution in [1.82, 2.24) is 10.3 Å². The van der Waals surface area contributed by atoms with Gasteiger partial charge in [-0.05, 0) is 49.9 Å². The number of nitrogens with one attached hydrogen (secondary N) is 1. The van der Waals surface area contributed by atoms with Gasteiger partial charge >= 0.3 is 0 Å². The molecule has 1 aromatic heterocycles. The summed E-state index contributed by atoms with van der Waals surface area (Å²) >= 11 is 0. The highest BCUT2D eigenvalue weighted by Gasteiger charge is 2.22. The van der Waals surface area contributed by atoms with Crippen LogP contribution < -0.4 is 5.32 Å². The highest BCUT2D eigenvalue weighted by atomic mass is 14.9. The Balaban J connectivity index is 2.02. The van der Waals surface area contributed by atoms with Crippen molar-refractivity contribution in [3.63, 3.8) is 0 Å². The van der Waals surface area contributed by atoms with Crippen molar-refractivity contribution in [2.45, 2.75) is 52.0 Å². The predicted molar refractivity (Wildman–Crippen MR) is 72.0 cm³/mol. The standard InChI is InChI=1S/C15H24N2/c1-3-8-17-15(11-13-5-4-6-13)14-7-9-16-12(2)10-14/h7,9-10,13,15,17H,3-6,8,11H2,1-2H3. The van der Waals surface area contributed by atoms with E-state index in [-0.39, 0.29) is 0 Å². The quantitative estimate of drug-likeness (QED) is 0.810. The third-order valence-electron chi connectivity index (χ3n) is 3.76. The van der Waals surface area contributed by atoms with Crippen molar-refractivity contribution < 1.29 is 0 Å². The maximum Gasteiger partial charge on any atom is 0.0375 e. The van der Waals surface area contributed by atoms with Crippen LogP contribution in [0, 0.1) is 12.8 Å². The lowest BCUT2D eigenvalue weighted by Crippen LogP contribution is -2.26. The van der Waals surface area contributed by atoms with E-state index in [1.54, 1.807) is 0 Å². The molecule has 94 valence electrons. The van der Waals surface area contributed by atoms with E-state index in [2.05, 4.69) is 36.3 Å². The fourth-order valence-electron chi connectivity index (χ4n) is 2.50. The minimum atomic E-state index is 0.530. The molecular weight excluding hydrogens is 208 g/mol. The molecule has 1 aliphatic carbocycles. The third-order valence-corrected chi connectivity index (χ3v) is 3.76. The number of aromatic nitrogens is 1. The molecule has 2 rings (SSSR count). The van der Waals surface area contributed by atoms with Gasteiger partial charge < -0.3 is 5.32 Å². The highest BCUT2D eigenvalue weighted by molar-refractivity contribution is 5.19. The van der Waals surface area contributed by atoms with Crippen LogP contribution in [-0.2, 0) is 0 Å². The zero-order valence-corrected chi connectivity index (χ0v) is 11.1. The van der Waals surface area contributed by atoms with Crippen molar-refractivity contribution in [2.24, 2.45) is 5.92 Å². The first-order valence-electron chi connectivity index (χ1n) is 6.95. The summed E-state index contributed by atoms with van der Waals surface area (Å²) in [5, 5.41) is 3.68. The molecule has 0 aliphatic heterocycles. The molecule has 1 N–H and O–H groups in total. The normalized spacial score (nSPS) is 17.8. The second-order valence-corrected chi connectivity index (χ2v) is 5.27. The summed E-state index contributed by atoms with van der Waals surface area (Å²) < 4.78 is 0. The van der Waals surface area contributed by atoms with E-state index in [1.165, 1.54) is 37.7 Å². The van der Waals surface area contributed by atoms with Gasteiger partial charge in [-0.15, -0.1) is 0 Å². The summed E-state index contributed by atoms with van der Waals surface area (Å²) in [7, 11) is 0. The Labute approximate surface area is 105 Å². The maximum absolute atomic E-state index is 4.29. The van der Waals surface area contributed by atoms with Gasteiger partial charge in [-0.2, -0.15) is 0 Å². The van der Waals surface area contributed by atoms with E-state index < -0.39 is 0 Å². The van der Waals surface area contributed by atoms with E-state index in [0.29, 0.717) is 6.04 Å². The fraction of sp³-hybridized carbons (Fsp3) is 0.667. The van der Waals surface area contributed by atoms with Gasteiger partial charge in [-0.1, -0.05) is 26.2 Å². The third kappa shape index (κ3) is 3.53. The Morgan fingerprint density at radius 3 is 2.88 bits per heavy atom. The summed E-state index contributed by atoms with van der Waals surface area (Å²) in [6.07, 6.45) is 8.71. The first-order valence-corrected chi connectivity index (χ1v) is 6.95. The van der Waals surface area contributed by atoms with E-state index in [0.717, 1.165) is 18.2 Å². The minimum absolute atomic E-state index is 0.530. The van der Waals surface area contributed by atoms with Gasteiger partial charge in [0.2, 0.25) is 0 Å². The van der Waals surface area contributed by atoms with Gasteiger partial charge in [0.05, 0.1) is 0 Å². The summed E-state index contributed by atoms with van der Waals surface area (Å²) in [4.78, 5) is 4.29. The number of aryl methyl sites for hydroxylation is 1. The molecule has 1 aliphatic rings. The fourth-order valence-corrected chi connectivity index (χ4v) is 2.50. The molecule has 1 aromatic rings. The van der Waals surface area contributed by atoms with E-state index in [4.69, 9.17) is 0 Å². The Hall–Kier alpha value is -0.890. The molecule has 0 saturated heterocycles. The molecular formula is C15H24N2. The Kier molecular flexibility index (Phi) is 4.55. The molecule has 1 atom stereocenters. The molecule has 0 amide bonds. The molecule has 0 spiro atoms. The topological polar surface area (TPSA) is 24.9 Å². The van der Waals surface area contributed by atoms with Crippen LogP contribution in [0.1, 0.15) is 56.3 Å². The van der Waals surface area contributed by atoms with Crippen molar-refractivity contribution in [3.05, 3.63) is 29.6 Å². The van der Waals surface area contributed by atoms with Crippen molar-refractivity contribution in [1.29, 1.82) is 0 Å². The molecule has 17 heavy (non-hydrogen) atoms. The largest absolute Gasteiger partial charge is 0.310 e. The second-order valence-electron chi connectivity index (χ2n) is 5.27. The monoisotopic (exact) mass is 232 g/mol. The maximum atomic E-state index is 4.29. The zero-order valence-electron chi connectivity index (χ0n) is 11.1. The average Bonchev–Trinajstić information content (AvgIpc) is 2.27. The van der Waals surface area contributed by atoms with Crippen molar-refractivity contribution in [2.75, 3.05) is 6.54 Å². The molecule has 1 heterocycles. The smallest absolute Gasteiger partial charge is 0.0375 e. The van der Waals surface area contributed by atoms with E-state index in [1.807, 2.05) is 6.20 Å². The number of hydrogen-bond acceptors (Lipinski definition) is 2.